The Morgan fingerprint density at radius 3 is 3.07 bits per heavy atom. The van der Waals surface area contributed by atoms with E-state index in [2.05, 4.69) is 0 Å². The van der Waals surface area contributed by atoms with Crippen LogP contribution >= 0.6 is 0 Å². The fraction of sp³-hybridized carbons (Fsp3) is 0.455. The van der Waals surface area contributed by atoms with E-state index < -0.39 is 0 Å². The van der Waals surface area contributed by atoms with Gasteiger partial charge in [-0.05, 0) is 31.4 Å². The third-order valence-corrected chi connectivity index (χ3v) is 2.64. The summed E-state index contributed by atoms with van der Waals surface area (Å²) in [6, 6.07) is 3.10. The van der Waals surface area contributed by atoms with Gasteiger partial charge in [0, 0.05) is 11.6 Å². The van der Waals surface area contributed by atoms with Gasteiger partial charge in [-0.2, -0.15) is 0 Å². The lowest BCUT2D eigenvalue weighted by Gasteiger charge is -2.15. The normalized spacial score (nSPS) is 20.9. The minimum Gasteiger partial charge on any atom is -0.490 e. The second-order valence-electron chi connectivity index (χ2n) is 3.70. The monoisotopic (exact) mass is 195 g/mol. The molecule has 0 amide bonds. The number of hydrogen-bond acceptors (Lipinski definition) is 2. The van der Waals surface area contributed by atoms with Gasteiger partial charge >= 0.3 is 0 Å². The van der Waals surface area contributed by atoms with Crippen molar-refractivity contribution in [3.05, 3.63) is 29.1 Å². The SMILES string of the molecule is Cc1ccc(F)c2c1C(N)CCCO2. The lowest BCUT2D eigenvalue weighted by atomic mass is 9.98. The molecule has 0 radical (unpaired) electrons. The highest BCUT2D eigenvalue weighted by Crippen LogP contribution is 2.34. The Hall–Kier alpha value is -1.09. The van der Waals surface area contributed by atoms with E-state index in [1.807, 2.05) is 6.92 Å². The third-order valence-electron chi connectivity index (χ3n) is 2.64. The summed E-state index contributed by atoms with van der Waals surface area (Å²) in [6.45, 7) is 2.49. The summed E-state index contributed by atoms with van der Waals surface area (Å²) >= 11 is 0. The third kappa shape index (κ3) is 1.48. The van der Waals surface area contributed by atoms with Gasteiger partial charge in [-0.3, -0.25) is 0 Å². The van der Waals surface area contributed by atoms with Gasteiger partial charge in [-0.15, -0.1) is 0 Å². The molecule has 0 bridgehead atoms. The van der Waals surface area contributed by atoms with Gasteiger partial charge in [-0.25, -0.2) is 4.39 Å². The van der Waals surface area contributed by atoms with Gasteiger partial charge in [0.15, 0.2) is 11.6 Å². The van der Waals surface area contributed by atoms with Crippen molar-refractivity contribution in [1.29, 1.82) is 0 Å². The summed E-state index contributed by atoms with van der Waals surface area (Å²) in [5.41, 5.74) is 7.82. The van der Waals surface area contributed by atoms with E-state index >= 15 is 0 Å². The smallest absolute Gasteiger partial charge is 0.165 e. The van der Waals surface area contributed by atoms with Crippen LogP contribution in [0.15, 0.2) is 12.1 Å². The van der Waals surface area contributed by atoms with Crippen LogP contribution in [-0.2, 0) is 0 Å². The Labute approximate surface area is 82.9 Å². The molecule has 1 atom stereocenters. The van der Waals surface area contributed by atoms with E-state index in [4.69, 9.17) is 10.5 Å². The number of nitrogens with two attached hydrogens (primary N) is 1. The highest BCUT2D eigenvalue weighted by molar-refractivity contribution is 5.43. The molecule has 0 fully saturated rings. The first-order valence-corrected chi connectivity index (χ1v) is 4.87. The zero-order chi connectivity index (χ0) is 10.1. The van der Waals surface area contributed by atoms with Gasteiger partial charge in [0.05, 0.1) is 6.61 Å². The number of rotatable bonds is 0. The largest absolute Gasteiger partial charge is 0.490 e. The maximum atomic E-state index is 13.4. The summed E-state index contributed by atoms with van der Waals surface area (Å²) in [7, 11) is 0. The van der Waals surface area contributed by atoms with Crippen molar-refractivity contribution < 1.29 is 9.13 Å². The van der Waals surface area contributed by atoms with E-state index in [1.165, 1.54) is 6.07 Å². The summed E-state index contributed by atoms with van der Waals surface area (Å²) in [5.74, 6) is 0.0537. The summed E-state index contributed by atoms with van der Waals surface area (Å²) in [6.07, 6.45) is 1.74. The molecule has 1 unspecified atom stereocenters. The molecule has 1 aliphatic rings. The first kappa shape index (κ1) is 9.46. The molecule has 1 aromatic rings. The molecule has 76 valence electrons. The molecule has 14 heavy (non-hydrogen) atoms. The van der Waals surface area contributed by atoms with Crippen molar-refractivity contribution in [3.63, 3.8) is 0 Å². The average molecular weight is 195 g/mol. The number of aryl methyl sites for hydroxylation is 1. The second-order valence-corrected chi connectivity index (χ2v) is 3.70. The Kier molecular flexibility index (Phi) is 2.42. The molecule has 0 aliphatic carbocycles. The molecule has 2 nitrogen and oxygen atoms in total. The first-order chi connectivity index (χ1) is 6.70. The van der Waals surface area contributed by atoms with E-state index in [0.717, 1.165) is 24.0 Å². The Morgan fingerprint density at radius 2 is 2.29 bits per heavy atom. The van der Waals surface area contributed by atoms with Crippen LogP contribution < -0.4 is 10.5 Å². The number of fused-ring (bicyclic) bond motifs is 1. The number of halogens is 1. The molecular formula is C11H14FNO. The van der Waals surface area contributed by atoms with Gasteiger partial charge in [0.1, 0.15) is 0 Å². The quantitative estimate of drug-likeness (QED) is 0.689. The van der Waals surface area contributed by atoms with Crippen LogP contribution in [0.5, 0.6) is 5.75 Å². The predicted molar refractivity (Wildman–Crippen MR) is 52.8 cm³/mol. The molecule has 0 saturated heterocycles. The molecule has 2 N–H and O–H groups in total. The summed E-state index contributed by atoms with van der Waals surface area (Å²) < 4.78 is 18.8. The van der Waals surface area contributed by atoms with E-state index in [9.17, 15) is 4.39 Å². The van der Waals surface area contributed by atoms with Crippen molar-refractivity contribution in [2.75, 3.05) is 6.61 Å². The molecule has 2 rings (SSSR count). The van der Waals surface area contributed by atoms with Crippen molar-refractivity contribution in [2.24, 2.45) is 5.73 Å². The highest BCUT2D eigenvalue weighted by atomic mass is 19.1. The van der Waals surface area contributed by atoms with Crippen LogP contribution in [0.4, 0.5) is 4.39 Å². The maximum absolute atomic E-state index is 13.4. The van der Waals surface area contributed by atoms with E-state index in [1.54, 1.807) is 6.07 Å². The highest BCUT2D eigenvalue weighted by Gasteiger charge is 2.21. The van der Waals surface area contributed by atoms with Crippen LogP contribution in [0.3, 0.4) is 0 Å². The van der Waals surface area contributed by atoms with Crippen LogP contribution in [0.2, 0.25) is 0 Å². The Bertz CT molecular complexity index is 351. The van der Waals surface area contributed by atoms with Crippen molar-refractivity contribution >= 4 is 0 Å². The standard InChI is InChI=1S/C11H14FNO/c1-7-4-5-8(12)11-10(7)9(13)3-2-6-14-11/h4-5,9H,2-3,6,13H2,1H3. The number of hydrogen-bond donors (Lipinski definition) is 1. The Balaban J connectivity index is 2.57. The number of benzene rings is 1. The molecule has 0 aromatic heterocycles. The zero-order valence-corrected chi connectivity index (χ0v) is 8.22. The number of ether oxygens (including phenoxy) is 1. The average Bonchev–Trinajstić information content (AvgIpc) is 2.35. The Morgan fingerprint density at radius 1 is 1.50 bits per heavy atom. The van der Waals surface area contributed by atoms with Gasteiger partial charge < -0.3 is 10.5 Å². The molecule has 1 heterocycles. The fourth-order valence-corrected chi connectivity index (χ4v) is 1.90. The predicted octanol–water partition coefficient (Wildman–Crippen LogP) is 2.31. The summed E-state index contributed by atoms with van der Waals surface area (Å²) in [4.78, 5) is 0. The van der Waals surface area contributed by atoms with E-state index in [0.29, 0.717) is 12.4 Å². The van der Waals surface area contributed by atoms with E-state index in [-0.39, 0.29) is 11.9 Å². The van der Waals surface area contributed by atoms with Crippen molar-refractivity contribution in [1.82, 2.24) is 0 Å². The molecule has 0 spiro atoms. The van der Waals surface area contributed by atoms with Gasteiger partial charge in [0.2, 0.25) is 0 Å². The minimum atomic E-state index is -0.303. The topological polar surface area (TPSA) is 35.2 Å². The van der Waals surface area contributed by atoms with Crippen molar-refractivity contribution in [3.8, 4) is 5.75 Å². The molecule has 3 heteroatoms. The van der Waals surface area contributed by atoms with Crippen LogP contribution in [0.1, 0.15) is 30.0 Å². The summed E-state index contributed by atoms with van der Waals surface area (Å²) in [5, 5.41) is 0. The van der Waals surface area contributed by atoms with Gasteiger partial charge in [0.25, 0.3) is 0 Å². The fourth-order valence-electron chi connectivity index (χ4n) is 1.90. The maximum Gasteiger partial charge on any atom is 0.165 e. The second kappa shape index (κ2) is 3.58. The van der Waals surface area contributed by atoms with Crippen molar-refractivity contribution in [2.45, 2.75) is 25.8 Å². The molecule has 1 aliphatic heterocycles. The first-order valence-electron chi connectivity index (χ1n) is 4.87. The molecule has 1 aromatic carbocycles. The van der Waals surface area contributed by atoms with Gasteiger partial charge in [-0.1, -0.05) is 6.07 Å². The molecule has 0 saturated carbocycles. The van der Waals surface area contributed by atoms with Crippen LogP contribution in [0.25, 0.3) is 0 Å². The zero-order valence-electron chi connectivity index (χ0n) is 8.22. The lowest BCUT2D eigenvalue weighted by molar-refractivity contribution is 0.301. The lowest BCUT2D eigenvalue weighted by Crippen LogP contribution is -2.11. The van der Waals surface area contributed by atoms with Crippen LogP contribution in [0, 0.1) is 12.7 Å². The minimum absolute atomic E-state index is 0.0943. The molecular weight excluding hydrogens is 181 g/mol. The van der Waals surface area contributed by atoms with Crippen LogP contribution in [-0.4, -0.2) is 6.61 Å².